The number of benzene rings is 2. The van der Waals surface area contributed by atoms with Gasteiger partial charge in [-0.1, -0.05) is 54.1 Å². The third-order valence-electron chi connectivity index (χ3n) is 3.28. The Morgan fingerprint density at radius 3 is 1.37 bits per heavy atom. The van der Waals surface area contributed by atoms with Gasteiger partial charge in [0.2, 0.25) is 0 Å². The lowest BCUT2D eigenvalue weighted by Gasteiger charge is -2.05. The number of hydrogen-bond acceptors (Lipinski definition) is 1. The van der Waals surface area contributed by atoms with E-state index in [9.17, 15) is 0 Å². The van der Waals surface area contributed by atoms with Crippen LogP contribution in [0.25, 0.3) is 22.3 Å². The smallest absolute Gasteiger partial charge is 0.0273 e. The third-order valence-corrected chi connectivity index (χ3v) is 3.28. The summed E-state index contributed by atoms with van der Waals surface area (Å²) in [5.41, 5.74) is 6.21. The summed E-state index contributed by atoms with van der Waals surface area (Å²) >= 11 is 0. The maximum atomic E-state index is 4.04. The number of hydrogen-bond donors (Lipinski definition) is 0. The lowest BCUT2D eigenvalue weighted by molar-refractivity contribution is 1.33. The van der Waals surface area contributed by atoms with E-state index in [2.05, 4.69) is 60.4 Å². The van der Waals surface area contributed by atoms with Gasteiger partial charge in [-0.15, -0.1) is 0 Å². The molecule has 92 valence electrons. The average Bonchev–Trinajstić information content (AvgIpc) is 2.49. The Morgan fingerprint density at radius 2 is 0.895 bits per heavy atom. The predicted octanol–water partition coefficient (Wildman–Crippen LogP) is 4.72. The molecule has 1 heteroatoms. The quantitative estimate of drug-likeness (QED) is 0.636. The topological polar surface area (TPSA) is 12.9 Å². The van der Waals surface area contributed by atoms with E-state index in [0.717, 1.165) is 0 Å². The Balaban J connectivity index is 1.93. The first-order valence-electron chi connectivity index (χ1n) is 6.40. The molecule has 0 spiro atoms. The van der Waals surface area contributed by atoms with Gasteiger partial charge in [0.05, 0.1) is 0 Å². The van der Waals surface area contributed by atoms with Crippen LogP contribution in [0.4, 0.5) is 0 Å². The number of rotatable bonds is 2. The van der Waals surface area contributed by atoms with Crippen molar-refractivity contribution in [1.82, 2.24) is 4.98 Å². The van der Waals surface area contributed by atoms with E-state index in [1.165, 1.54) is 27.8 Å². The highest BCUT2D eigenvalue weighted by Gasteiger charge is 1.99. The molecule has 0 amide bonds. The van der Waals surface area contributed by atoms with Crippen LogP contribution in [0.1, 0.15) is 5.56 Å². The molecule has 0 saturated carbocycles. The Morgan fingerprint density at radius 1 is 0.526 bits per heavy atom. The van der Waals surface area contributed by atoms with Crippen molar-refractivity contribution in [2.24, 2.45) is 0 Å². The lowest BCUT2D eigenvalue weighted by Crippen LogP contribution is -1.81. The number of aryl methyl sites for hydroxylation is 1. The molecule has 3 rings (SSSR count). The second-order valence-electron chi connectivity index (χ2n) is 4.68. The predicted molar refractivity (Wildman–Crippen MR) is 79.8 cm³/mol. The molecule has 19 heavy (non-hydrogen) atoms. The van der Waals surface area contributed by atoms with Crippen molar-refractivity contribution in [3.63, 3.8) is 0 Å². The van der Waals surface area contributed by atoms with Crippen LogP contribution in [-0.4, -0.2) is 4.98 Å². The van der Waals surface area contributed by atoms with Gasteiger partial charge in [-0.3, -0.25) is 4.98 Å². The molecule has 0 saturated heterocycles. The van der Waals surface area contributed by atoms with E-state index >= 15 is 0 Å². The van der Waals surface area contributed by atoms with E-state index in [0.29, 0.717) is 0 Å². The highest BCUT2D eigenvalue weighted by molar-refractivity contribution is 5.70. The molecule has 0 aliphatic rings. The largest absolute Gasteiger partial charge is 0.265 e. The Hall–Kier alpha value is -2.41. The maximum absolute atomic E-state index is 4.04. The van der Waals surface area contributed by atoms with E-state index < -0.39 is 0 Å². The minimum atomic E-state index is 1.20. The first-order chi connectivity index (χ1) is 9.33. The molecule has 1 heterocycles. The average molecular weight is 245 g/mol. The molecule has 0 atom stereocenters. The summed E-state index contributed by atoms with van der Waals surface area (Å²) in [7, 11) is 0. The van der Waals surface area contributed by atoms with Crippen LogP contribution in [0.3, 0.4) is 0 Å². The fourth-order valence-corrected chi connectivity index (χ4v) is 2.15. The Bertz CT molecular complexity index is 652. The summed E-state index contributed by atoms with van der Waals surface area (Å²) in [6.07, 6.45) is 3.65. The second-order valence-corrected chi connectivity index (χ2v) is 4.68. The molecule has 3 aromatic rings. The normalized spacial score (nSPS) is 10.4. The molecular formula is C18H15N. The van der Waals surface area contributed by atoms with Crippen molar-refractivity contribution in [3.05, 3.63) is 78.6 Å². The molecule has 0 bridgehead atoms. The number of aromatic nitrogens is 1. The van der Waals surface area contributed by atoms with Gasteiger partial charge in [0, 0.05) is 12.4 Å². The first kappa shape index (κ1) is 11.7. The fraction of sp³-hybridized carbons (Fsp3) is 0.0556. The third kappa shape index (κ3) is 2.55. The van der Waals surface area contributed by atoms with Gasteiger partial charge in [0.1, 0.15) is 0 Å². The molecule has 1 aromatic heterocycles. The van der Waals surface area contributed by atoms with Crippen molar-refractivity contribution in [3.8, 4) is 22.3 Å². The Labute approximate surface area is 113 Å². The first-order valence-corrected chi connectivity index (χ1v) is 6.40. The summed E-state index contributed by atoms with van der Waals surface area (Å²) in [5.74, 6) is 0. The van der Waals surface area contributed by atoms with Gasteiger partial charge >= 0.3 is 0 Å². The van der Waals surface area contributed by atoms with Crippen molar-refractivity contribution in [2.45, 2.75) is 6.92 Å². The van der Waals surface area contributed by atoms with Gasteiger partial charge in [-0.25, -0.2) is 0 Å². The van der Waals surface area contributed by atoms with E-state index in [4.69, 9.17) is 0 Å². The molecule has 0 radical (unpaired) electrons. The number of pyridine rings is 1. The maximum Gasteiger partial charge on any atom is 0.0273 e. The molecule has 1 nitrogen and oxygen atoms in total. The fourth-order valence-electron chi connectivity index (χ4n) is 2.15. The van der Waals surface area contributed by atoms with Gasteiger partial charge < -0.3 is 0 Å². The van der Waals surface area contributed by atoms with Crippen LogP contribution in [0.15, 0.2) is 73.1 Å². The van der Waals surface area contributed by atoms with Gasteiger partial charge in [0.15, 0.2) is 0 Å². The summed E-state index contributed by atoms with van der Waals surface area (Å²) in [6.45, 7) is 2.11. The highest BCUT2D eigenvalue weighted by atomic mass is 14.6. The van der Waals surface area contributed by atoms with Crippen LogP contribution in [-0.2, 0) is 0 Å². The summed E-state index contributed by atoms with van der Waals surface area (Å²) < 4.78 is 0. The SMILES string of the molecule is Cc1ccc(-c2ccc(-c3ccncc3)cc2)cc1. The summed E-state index contributed by atoms with van der Waals surface area (Å²) in [5, 5.41) is 0. The van der Waals surface area contributed by atoms with E-state index in [1.807, 2.05) is 24.5 Å². The van der Waals surface area contributed by atoms with E-state index in [-0.39, 0.29) is 0 Å². The van der Waals surface area contributed by atoms with Crippen molar-refractivity contribution >= 4 is 0 Å². The monoisotopic (exact) mass is 245 g/mol. The van der Waals surface area contributed by atoms with Crippen molar-refractivity contribution < 1.29 is 0 Å². The van der Waals surface area contributed by atoms with E-state index in [1.54, 1.807) is 0 Å². The second kappa shape index (κ2) is 5.07. The zero-order valence-corrected chi connectivity index (χ0v) is 10.9. The Kier molecular flexibility index (Phi) is 3.11. The summed E-state index contributed by atoms with van der Waals surface area (Å²) in [6, 6.07) is 21.3. The van der Waals surface area contributed by atoms with Crippen LogP contribution in [0.2, 0.25) is 0 Å². The van der Waals surface area contributed by atoms with Crippen LogP contribution in [0.5, 0.6) is 0 Å². The number of nitrogens with zero attached hydrogens (tertiary/aromatic N) is 1. The molecule has 0 N–H and O–H groups in total. The van der Waals surface area contributed by atoms with Gasteiger partial charge in [0.25, 0.3) is 0 Å². The zero-order chi connectivity index (χ0) is 13.1. The van der Waals surface area contributed by atoms with Crippen LogP contribution >= 0.6 is 0 Å². The molecule has 0 fully saturated rings. The van der Waals surface area contributed by atoms with Gasteiger partial charge in [-0.05, 0) is 41.3 Å². The molecule has 0 unspecified atom stereocenters. The lowest BCUT2D eigenvalue weighted by atomic mass is 10.0. The minimum Gasteiger partial charge on any atom is -0.265 e. The summed E-state index contributed by atoms with van der Waals surface area (Å²) in [4.78, 5) is 4.04. The highest BCUT2D eigenvalue weighted by Crippen LogP contribution is 2.24. The molecular weight excluding hydrogens is 230 g/mol. The molecule has 0 aliphatic carbocycles. The molecule has 0 aliphatic heterocycles. The van der Waals surface area contributed by atoms with Gasteiger partial charge in [-0.2, -0.15) is 0 Å². The van der Waals surface area contributed by atoms with Crippen molar-refractivity contribution in [1.29, 1.82) is 0 Å². The standard InChI is InChI=1S/C18H15N/c1-14-2-4-15(5-3-14)16-6-8-17(9-7-16)18-10-12-19-13-11-18/h2-13H,1H3. The zero-order valence-electron chi connectivity index (χ0n) is 10.9. The van der Waals surface area contributed by atoms with Crippen LogP contribution in [0, 0.1) is 6.92 Å². The van der Waals surface area contributed by atoms with Crippen LogP contribution < -0.4 is 0 Å². The minimum absolute atomic E-state index is 1.20. The van der Waals surface area contributed by atoms with Crippen molar-refractivity contribution in [2.75, 3.05) is 0 Å². The molecule has 2 aromatic carbocycles.